The third-order valence-electron chi connectivity index (χ3n) is 2.34. The summed E-state index contributed by atoms with van der Waals surface area (Å²) in [6, 6.07) is 0. The fourth-order valence-corrected chi connectivity index (χ4v) is 2.60. The molecule has 0 bridgehead atoms. The molecule has 0 amide bonds. The van der Waals surface area contributed by atoms with Crippen LogP contribution < -0.4 is 0 Å². The van der Waals surface area contributed by atoms with Crippen LogP contribution in [0.1, 0.15) is 39.0 Å². The van der Waals surface area contributed by atoms with E-state index in [4.69, 9.17) is 0 Å². The molecule has 76 valence electrons. The smallest absolute Gasteiger partial charge is 0.00976 e. The molecule has 0 aromatic carbocycles. The Bertz CT molecular complexity index is 139. The molecule has 0 saturated carbocycles. The van der Waals surface area contributed by atoms with E-state index < -0.39 is 0 Å². The molecule has 1 fully saturated rings. The lowest BCUT2D eigenvalue weighted by molar-refractivity contribution is 0.468. The lowest BCUT2D eigenvalue weighted by atomic mass is 10.2. The molecule has 2 heteroatoms. The number of hydrogen-bond acceptors (Lipinski definition) is 2. The zero-order valence-electron chi connectivity index (χ0n) is 8.67. The number of rotatable bonds is 6. The van der Waals surface area contributed by atoms with Gasteiger partial charge in [-0.1, -0.05) is 30.5 Å². The second kappa shape index (κ2) is 7.45. The van der Waals surface area contributed by atoms with Crippen LogP contribution in [0.2, 0.25) is 0 Å². The molecule has 0 aromatic heterocycles. The molecule has 0 aliphatic carbocycles. The lowest BCUT2D eigenvalue weighted by Gasteiger charge is -2.11. The van der Waals surface area contributed by atoms with Crippen LogP contribution in [-0.2, 0) is 0 Å². The molecule has 0 unspecified atom stereocenters. The standard InChI is InChI=1S/C11H21NS/c1-2-3-4-5-6-7-9-12-10-8-11-13-12/h2-3H,4-11H2,1H3. The van der Waals surface area contributed by atoms with Crippen molar-refractivity contribution in [2.75, 3.05) is 18.8 Å². The van der Waals surface area contributed by atoms with Gasteiger partial charge in [-0.25, -0.2) is 0 Å². The van der Waals surface area contributed by atoms with Gasteiger partial charge in [0.1, 0.15) is 0 Å². The average Bonchev–Trinajstić information content (AvgIpc) is 2.63. The highest BCUT2D eigenvalue weighted by Gasteiger charge is 2.10. The van der Waals surface area contributed by atoms with Crippen LogP contribution in [0.15, 0.2) is 12.2 Å². The van der Waals surface area contributed by atoms with Crippen molar-refractivity contribution < 1.29 is 0 Å². The minimum atomic E-state index is 1.27. The Hall–Kier alpha value is 0.0500. The van der Waals surface area contributed by atoms with Crippen molar-refractivity contribution in [3.63, 3.8) is 0 Å². The number of unbranched alkanes of at least 4 members (excludes halogenated alkanes) is 3. The van der Waals surface area contributed by atoms with Crippen molar-refractivity contribution in [2.45, 2.75) is 39.0 Å². The van der Waals surface area contributed by atoms with Gasteiger partial charge in [0, 0.05) is 18.8 Å². The van der Waals surface area contributed by atoms with E-state index in [0.717, 1.165) is 0 Å². The summed E-state index contributed by atoms with van der Waals surface area (Å²) < 4.78 is 2.52. The summed E-state index contributed by atoms with van der Waals surface area (Å²) in [6.07, 6.45) is 11.2. The third kappa shape index (κ3) is 5.37. The second-order valence-corrected chi connectivity index (χ2v) is 4.72. The first-order valence-electron chi connectivity index (χ1n) is 5.42. The molecule has 1 saturated heterocycles. The van der Waals surface area contributed by atoms with Gasteiger partial charge in [-0.2, -0.15) is 0 Å². The summed E-state index contributed by atoms with van der Waals surface area (Å²) in [4.78, 5) is 0. The van der Waals surface area contributed by atoms with Crippen LogP contribution in [0.4, 0.5) is 0 Å². The zero-order valence-corrected chi connectivity index (χ0v) is 9.48. The zero-order chi connectivity index (χ0) is 9.36. The molecule has 0 radical (unpaired) electrons. The number of allylic oxidation sites excluding steroid dienone is 2. The Labute approximate surface area is 86.7 Å². The Balaban J connectivity index is 1.83. The van der Waals surface area contributed by atoms with Crippen molar-refractivity contribution >= 4 is 11.9 Å². The minimum absolute atomic E-state index is 1.27. The summed E-state index contributed by atoms with van der Waals surface area (Å²) in [7, 11) is 0. The minimum Gasteiger partial charge on any atom is -0.251 e. The molecule has 0 N–H and O–H groups in total. The fourth-order valence-electron chi connectivity index (χ4n) is 1.57. The highest BCUT2D eigenvalue weighted by molar-refractivity contribution is 7.97. The molecule has 0 spiro atoms. The first kappa shape index (κ1) is 11.1. The van der Waals surface area contributed by atoms with Crippen LogP contribution in [0, 0.1) is 0 Å². The third-order valence-corrected chi connectivity index (χ3v) is 3.54. The van der Waals surface area contributed by atoms with Crippen LogP contribution in [0.5, 0.6) is 0 Å². The Morgan fingerprint density at radius 3 is 2.92 bits per heavy atom. The van der Waals surface area contributed by atoms with E-state index in [-0.39, 0.29) is 0 Å². The van der Waals surface area contributed by atoms with E-state index >= 15 is 0 Å². The molecule has 0 aromatic rings. The van der Waals surface area contributed by atoms with Gasteiger partial charge in [0.2, 0.25) is 0 Å². The number of nitrogens with zero attached hydrogens (tertiary/aromatic N) is 1. The van der Waals surface area contributed by atoms with Gasteiger partial charge in [-0.3, -0.25) is 4.31 Å². The van der Waals surface area contributed by atoms with E-state index in [1.807, 2.05) is 11.9 Å². The molecule has 0 atom stereocenters. The van der Waals surface area contributed by atoms with Gasteiger partial charge in [0.25, 0.3) is 0 Å². The summed E-state index contributed by atoms with van der Waals surface area (Å²) in [5.74, 6) is 1.35. The SMILES string of the molecule is CC=CCCCCCN1CCCS1. The molecule has 1 aliphatic heterocycles. The Morgan fingerprint density at radius 2 is 2.23 bits per heavy atom. The van der Waals surface area contributed by atoms with E-state index in [1.165, 1.54) is 50.9 Å². The van der Waals surface area contributed by atoms with Gasteiger partial charge in [0.15, 0.2) is 0 Å². The molecule has 1 aliphatic rings. The van der Waals surface area contributed by atoms with E-state index in [1.54, 1.807) is 0 Å². The lowest BCUT2D eigenvalue weighted by Crippen LogP contribution is -2.12. The topological polar surface area (TPSA) is 3.24 Å². The normalized spacial score (nSPS) is 18.8. The maximum atomic E-state index is 2.52. The molecule has 1 heterocycles. The summed E-state index contributed by atoms with van der Waals surface area (Å²) in [6.45, 7) is 4.72. The van der Waals surface area contributed by atoms with Crippen molar-refractivity contribution in [3.05, 3.63) is 12.2 Å². The van der Waals surface area contributed by atoms with Crippen molar-refractivity contribution in [3.8, 4) is 0 Å². The van der Waals surface area contributed by atoms with E-state index in [9.17, 15) is 0 Å². The largest absolute Gasteiger partial charge is 0.251 e. The maximum absolute atomic E-state index is 2.52. The van der Waals surface area contributed by atoms with Gasteiger partial charge >= 0.3 is 0 Å². The first-order valence-corrected chi connectivity index (χ1v) is 6.37. The maximum Gasteiger partial charge on any atom is 0.00976 e. The first-order chi connectivity index (χ1) is 6.43. The quantitative estimate of drug-likeness (QED) is 0.366. The molecule has 1 nitrogen and oxygen atoms in total. The number of hydrogen-bond donors (Lipinski definition) is 0. The van der Waals surface area contributed by atoms with E-state index in [0.29, 0.717) is 0 Å². The van der Waals surface area contributed by atoms with Crippen LogP contribution in [0.25, 0.3) is 0 Å². The molecular formula is C11H21NS. The Morgan fingerprint density at radius 1 is 1.31 bits per heavy atom. The van der Waals surface area contributed by atoms with Gasteiger partial charge in [0.05, 0.1) is 0 Å². The van der Waals surface area contributed by atoms with Gasteiger partial charge in [-0.05, 0) is 32.6 Å². The Kier molecular flexibility index (Phi) is 6.38. The van der Waals surface area contributed by atoms with Gasteiger partial charge < -0.3 is 0 Å². The fraction of sp³-hybridized carbons (Fsp3) is 0.818. The summed E-state index contributed by atoms with van der Waals surface area (Å²) in [5.41, 5.74) is 0. The van der Waals surface area contributed by atoms with Crippen molar-refractivity contribution in [1.82, 2.24) is 4.31 Å². The monoisotopic (exact) mass is 199 g/mol. The summed E-state index contributed by atoms with van der Waals surface area (Å²) in [5, 5.41) is 0. The van der Waals surface area contributed by atoms with Crippen molar-refractivity contribution in [2.24, 2.45) is 0 Å². The average molecular weight is 199 g/mol. The second-order valence-electron chi connectivity index (χ2n) is 3.53. The molecular weight excluding hydrogens is 178 g/mol. The summed E-state index contributed by atoms with van der Waals surface area (Å²) >= 11 is 2.03. The molecule has 13 heavy (non-hydrogen) atoms. The van der Waals surface area contributed by atoms with Crippen LogP contribution in [0.3, 0.4) is 0 Å². The predicted octanol–water partition coefficient (Wildman–Crippen LogP) is 3.48. The van der Waals surface area contributed by atoms with E-state index in [2.05, 4.69) is 23.4 Å². The molecule has 1 rings (SSSR count). The predicted molar refractivity (Wildman–Crippen MR) is 61.9 cm³/mol. The highest BCUT2D eigenvalue weighted by Crippen LogP contribution is 2.20. The van der Waals surface area contributed by atoms with Crippen molar-refractivity contribution in [1.29, 1.82) is 0 Å². The van der Waals surface area contributed by atoms with Crippen LogP contribution in [-0.4, -0.2) is 23.1 Å². The highest BCUT2D eigenvalue weighted by atomic mass is 32.2. The van der Waals surface area contributed by atoms with Gasteiger partial charge in [-0.15, -0.1) is 0 Å². The van der Waals surface area contributed by atoms with Crippen LogP contribution >= 0.6 is 11.9 Å².